The number of rotatable bonds is 5. The van der Waals surface area contributed by atoms with Crippen LogP contribution in [-0.4, -0.2) is 42.1 Å². The van der Waals surface area contributed by atoms with Gasteiger partial charge < -0.3 is 14.7 Å². The SMILES string of the molecule is COCc1cccc(CC(=O)N2CC(C)CC(C(=O)O)C2)c1. The van der Waals surface area contributed by atoms with E-state index in [-0.39, 0.29) is 11.8 Å². The number of amides is 1. The fourth-order valence-electron chi connectivity index (χ4n) is 3.02. The second-order valence-corrected chi connectivity index (χ2v) is 6.10. The number of hydrogen-bond acceptors (Lipinski definition) is 3. The summed E-state index contributed by atoms with van der Waals surface area (Å²) in [5, 5.41) is 9.19. The van der Waals surface area contributed by atoms with Crippen molar-refractivity contribution < 1.29 is 19.4 Å². The summed E-state index contributed by atoms with van der Waals surface area (Å²) in [6.45, 7) is 3.47. The van der Waals surface area contributed by atoms with Crippen molar-refractivity contribution in [2.24, 2.45) is 11.8 Å². The second kappa shape index (κ2) is 7.40. The highest BCUT2D eigenvalue weighted by Gasteiger charge is 2.31. The standard InChI is InChI=1S/C17H23NO4/c1-12-6-15(17(20)21)10-18(9-12)16(19)8-13-4-3-5-14(7-13)11-22-2/h3-5,7,12,15H,6,8-11H2,1-2H3,(H,20,21). The van der Waals surface area contributed by atoms with E-state index in [0.29, 0.717) is 32.5 Å². The molecule has 1 amide bonds. The zero-order valence-electron chi connectivity index (χ0n) is 13.1. The van der Waals surface area contributed by atoms with E-state index < -0.39 is 11.9 Å². The Hall–Kier alpha value is -1.88. The first-order chi connectivity index (χ1) is 10.5. The monoisotopic (exact) mass is 305 g/mol. The molecule has 1 heterocycles. The number of carboxylic acids is 1. The number of hydrogen-bond donors (Lipinski definition) is 1. The van der Waals surface area contributed by atoms with Gasteiger partial charge in [-0.2, -0.15) is 0 Å². The molecule has 1 aromatic rings. The lowest BCUT2D eigenvalue weighted by Gasteiger charge is -2.34. The average molecular weight is 305 g/mol. The van der Waals surface area contributed by atoms with Crippen molar-refractivity contribution in [1.82, 2.24) is 4.90 Å². The Labute approximate surface area is 130 Å². The molecule has 0 radical (unpaired) electrons. The van der Waals surface area contributed by atoms with Crippen LogP contribution in [0.15, 0.2) is 24.3 Å². The number of benzene rings is 1. The molecule has 1 N–H and O–H groups in total. The van der Waals surface area contributed by atoms with Gasteiger partial charge in [-0.25, -0.2) is 0 Å². The molecule has 0 bridgehead atoms. The van der Waals surface area contributed by atoms with Crippen molar-refractivity contribution in [3.8, 4) is 0 Å². The van der Waals surface area contributed by atoms with E-state index in [1.807, 2.05) is 31.2 Å². The molecule has 0 spiro atoms. The Morgan fingerprint density at radius 3 is 2.73 bits per heavy atom. The third-order valence-corrected chi connectivity index (χ3v) is 4.02. The Kier molecular flexibility index (Phi) is 5.55. The van der Waals surface area contributed by atoms with Crippen molar-refractivity contribution in [1.29, 1.82) is 0 Å². The number of aliphatic carboxylic acids is 1. The van der Waals surface area contributed by atoms with Gasteiger partial charge in [-0.15, -0.1) is 0 Å². The highest BCUT2D eigenvalue weighted by atomic mass is 16.5. The van der Waals surface area contributed by atoms with Gasteiger partial charge >= 0.3 is 5.97 Å². The average Bonchev–Trinajstić information content (AvgIpc) is 2.47. The van der Waals surface area contributed by atoms with E-state index in [1.54, 1.807) is 12.0 Å². The molecule has 2 unspecified atom stereocenters. The first-order valence-electron chi connectivity index (χ1n) is 7.57. The minimum atomic E-state index is -0.813. The van der Waals surface area contributed by atoms with Gasteiger partial charge in [-0.05, 0) is 23.5 Å². The fourth-order valence-corrected chi connectivity index (χ4v) is 3.02. The number of piperidine rings is 1. The van der Waals surface area contributed by atoms with Crippen LogP contribution in [0.1, 0.15) is 24.5 Å². The van der Waals surface area contributed by atoms with E-state index in [9.17, 15) is 14.7 Å². The van der Waals surface area contributed by atoms with E-state index in [4.69, 9.17) is 4.74 Å². The van der Waals surface area contributed by atoms with Crippen LogP contribution in [0.25, 0.3) is 0 Å². The van der Waals surface area contributed by atoms with Crippen LogP contribution < -0.4 is 0 Å². The molecular formula is C17H23NO4. The van der Waals surface area contributed by atoms with E-state index in [2.05, 4.69) is 0 Å². The molecule has 22 heavy (non-hydrogen) atoms. The quantitative estimate of drug-likeness (QED) is 0.903. The normalized spacial score (nSPS) is 21.6. The zero-order valence-corrected chi connectivity index (χ0v) is 13.1. The molecule has 120 valence electrons. The van der Waals surface area contributed by atoms with Gasteiger partial charge in [-0.3, -0.25) is 9.59 Å². The summed E-state index contributed by atoms with van der Waals surface area (Å²) >= 11 is 0. The number of carbonyl (C=O) groups excluding carboxylic acids is 1. The van der Waals surface area contributed by atoms with Gasteiger partial charge in [0.25, 0.3) is 0 Å². The van der Waals surface area contributed by atoms with Crippen LogP contribution in [0.3, 0.4) is 0 Å². The minimum Gasteiger partial charge on any atom is -0.481 e. The fraction of sp³-hybridized carbons (Fsp3) is 0.529. The summed E-state index contributed by atoms with van der Waals surface area (Å²) in [5.74, 6) is -1.05. The Morgan fingerprint density at radius 2 is 2.05 bits per heavy atom. The topological polar surface area (TPSA) is 66.8 Å². The Balaban J connectivity index is 2.01. The summed E-state index contributed by atoms with van der Waals surface area (Å²) in [4.78, 5) is 25.3. The molecule has 1 fully saturated rings. The summed E-state index contributed by atoms with van der Waals surface area (Å²) in [6.07, 6.45) is 0.944. The Morgan fingerprint density at radius 1 is 1.32 bits per heavy atom. The predicted molar refractivity (Wildman–Crippen MR) is 82.3 cm³/mol. The lowest BCUT2D eigenvalue weighted by Crippen LogP contribution is -2.46. The minimum absolute atomic E-state index is 0.00707. The highest BCUT2D eigenvalue weighted by Crippen LogP contribution is 2.22. The van der Waals surface area contributed by atoms with Gasteiger partial charge in [0.15, 0.2) is 0 Å². The summed E-state index contributed by atoms with van der Waals surface area (Å²) in [5.41, 5.74) is 1.97. The van der Waals surface area contributed by atoms with E-state index in [0.717, 1.165) is 11.1 Å². The third kappa shape index (κ3) is 4.31. The van der Waals surface area contributed by atoms with Crippen LogP contribution in [0.5, 0.6) is 0 Å². The first-order valence-corrected chi connectivity index (χ1v) is 7.57. The van der Waals surface area contributed by atoms with Gasteiger partial charge in [0.2, 0.25) is 5.91 Å². The molecule has 0 aromatic heterocycles. The molecule has 0 saturated carbocycles. The number of carbonyl (C=O) groups is 2. The molecule has 1 saturated heterocycles. The van der Waals surface area contributed by atoms with Crippen molar-refractivity contribution >= 4 is 11.9 Å². The maximum atomic E-state index is 12.5. The molecule has 2 atom stereocenters. The van der Waals surface area contributed by atoms with Crippen molar-refractivity contribution in [2.75, 3.05) is 20.2 Å². The van der Waals surface area contributed by atoms with Crippen LogP contribution in [0, 0.1) is 11.8 Å². The predicted octanol–water partition coefficient (Wildman–Crippen LogP) is 1.94. The third-order valence-electron chi connectivity index (χ3n) is 4.02. The second-order valence-electron chi connectivity index (χ2n) is 6.10. The van der Waals surface area contributed by atoms with E-state index >= 15 is 0 Å². The molecule has 1 aliphatic rings. The van der Waals surface area contributed by atoms with E-state index in [1.165, 1.54) is 0 Å². The number of methoxy groups -OCH3 is 1. The lowest BCUT2D eigenvalue weighted by molar-refractivity contribution is -0.146. The van der Waals surface area contributed by atoms with Gasteiger partial charge in [0.05, 0.1) is 18.9 Å². The molecule has 5 heteroatoms. The van der Waals surface area contributed by atoms with Gasteiger partial charge in [0.1, 0.15) is 0 Å². The van der Waals surface area contributed by atoms with Crippen LogP contribution in [0.4, 0.5) is 0 Å². The maximum Gasteiger partial charge on any atom is 0.308 e. The number of carboxylic acid groups (broad SMARTS) is 1. The largest absolute Gasteiger partial charge is 0.481 e. The van der Waals surface area contributed by atoms with Crippen molar-refractivity contribution in [2.45, 2.75) is 26.4 Å². The molecule has 2 rings (SSSR count). The van der Waals surface area contributed by atoms with Crippen LogP contribution in [0.2, 0.25) is 0 Å². The van der Waals surface area contributed by atoms with Crippen LogP contribution >= 0.6 is 0 Å². The first kappa shape index (κ1) is 16.5. The molecular weight excluding hydrogens is 282 g/mol. The molecule has 5 nitrogen and oxygen atoms in total. The Bertz CT molecular complexity index is 543. The molecule has 1 aliphatic heterocycles. The zero-order chi connectivity index (χ0) is 16.1. The lowest BCUT2D eigenvalue weighted by atomic mass is 9.90. The van der Waals surface area contributed by atoms with Crippen LogP contribution in [-0.2, 0) is 27.4 Å². The van der Waals surface area contributed by atoms with Gasteiger partial charge in [0, 0.05) is 20.2 Å². The van der Waals surface area contributed by atoms with Crippen molar-refractivity contribution in [3.63, 3.8) is 0 Å². The van der Waals surface area contributed by atoms with Gasteiger partial charge in [-0.1, -0.05) is 31.2 Å². The summed E-state index contributed by atoms with van der Waals surface area (Å²) in [7, 11) is 1.64. The van der Waals surface area contributed by atoms with Crippen molar-refractivity contribution in [3.05, 3.63) is 35.4 Å². The number of nitrogens with zero attached hydrogens (tertiary/aromatic N) is 1. The maximum absolute atomic E-state index is 12.5. The molecule has 1 aromatic carbocycles. The number of likely N-dealkylation sites (tertiary alicyclic amines) is 1. The summed E-state index contributed by atoms with van der Waals surface area (Å²) < 4.78 is 5.10. The summed E-state index contributed by atoms with van der Waals surface area (Å²) in [6, 6.07) is 7.75. The highest BCUT2D eigenvalue weighted by molar-refractivity contribution is 5.80. The smallest absolute Gasteiger partial charge is 0.308 e. The molecule has 0 aliphatic carbocycles. The number of ether oxygens (including phenoxy) is 1.